The molecule has 146 valence electrons. The van der Waals surface area contributed by atoms with E-state index in [1.165, 1.54) is 17.5 Å². The highest BCUT2D eigenvalue weighted by Gasteiger charge is 2.30. The van der Waals surface area contributed by atoms with Crippen LogP contribution >= 0.6 is 23.4 Å². The number of ether oxygens (including phenoxy) is 1. The van der Waals surface area contributed by atoms with Gasteiger partial charge >= 0.3 is 0 Å². The smallest absolute Gasteiger partial charge is 0.286 e. The van der Waals surface area contributed by atoms with E-state index in [1.54, 1.807) is 11.8 Å². The quantitative estimate of drug-likeness (QED) is 0.627. The lowest BCUT2D eigenvalue weighted by Crippen LogP contribution is -2.37. The number of nitrogens with zero attached hydrogens (tertiary/aromatic N) is 2. The summed E-state index contributed by atoms with van der Waals surface area (Å²) in [7, 11) is 0. The molecular formula is C20H31ClN2O2S. The van der Waals surface area contributed by atoms with E-state index in [4.69, 9.17) is 16.3 Å². The Kier molecular flexibility index (Phi) is 6.41. The number of rotatable bonds is 6. The Morgan fingerprint density at radius 1 is 1.12 bits per heavy atom. The number of halogens is 1. The maximum atomic E-state index is 12.8. The molecule has 4 nitrogen and oxygen atoms in total. The van der Waals surface area contributed by atoms with Crippen molar-refractivity contribution < 1.29 is 4.74 Å². The van der Waals surface area contributed by atoms with Crippen molar-refractivity contribution in [3.63, 3.8) is 0 Å². The molecule has 0 saturated heterocycles. The topological polar surface area (TPSA) is 44.1 Å². The van der Waals surface area contributed by atoms with E-state index >= 15 is 0 Å². The highest BCUT2D eigenvalue weighted by Crippen LogP contribution is 2.41. The minimum atomic E-state index is -0.375. The second-order valence-corrected chi connectivity index (χ2v) is 10.00. The molecule has 1 aromatic rings. The summed E-state index contributed by atoms with van der Waals surface area (Å²) in [5.74, 6) is 1.80. The predicted octanol–water partition coefficient (Wildman–Crippen LogP) is 5.07. The Morgan fingerprint density at radius 2 is 1.65 bits per heavy atom. The van der Waals surface area contributed by atoms with Crippen molar-refractivity contribution in [3.8, 4) is 0 Å². The van der Waals surface area contributed by atoms with E-state index in [0.717, 1.165) is 55.4 Å². The lowest BCUT2D eigenvalue weighted by molar-refractivity contribution is 0.0756. The summed E-state index contributed by atoms with van der Waals surface area (Å²) in [6.07, 6.45) is 9.10. The van der Waals surface area contributed by atoms with Crippen molar-refractivity contribution in [1.82, 2.24) is 9.78 Å². The molecule has 0 spiro atoms. The van der Waals surface area contributed by atoms with Crippen LogP contribution in [0.5, 0.6) is 0 Å². The lowest BCUT2D eigenvalue weighted by Gasteiger charge is -2.31. The highest BCUT2D eigenvalue weighted by atomic mass is 35.5. The zero-order valence-corrected chi connectivity index (χ0v) is 18.0. The van der Waals surface area contributed by atoms with Gasteiger partial charge in [0.25, 0.3) is 5.56 Å². The molecule has 0 bridgehead atoms. The molecule has 1 heterocycles. The third kappa shape index (κ3) is 4.66. The molecular weight excluding hydrogens is 368 g/mol. The minimum Gasteiger partial charge on any atom is -0.381 e. The van der Waals surface area contributed by atoms with E-state index in [0.29, 0.717) is 16.9 Å². The van der Waals surface area contributed by atoms with Gasteiger partial charge in [-0.15, -0.1) is 11.8 Å². The van der Waals surface area contributed by atoms with Crippen LogP contribution in [0.15, 0.2) is 9.82 Å². The first-order valence-electron chi connectivity index (χ1n) is 9.76. The first-order chi connectivity index (χ1) is 12.3. The van der Waals surface area contributed by atoms with Crippen LogP contribution in [-0.2, 0) is 10.3 Å². The average Bonchev–Trinajstić information content (AvgIpc) is 3.41. The van der Waals surface area contributed by atoms with Gasteiger partial charge < -0.3 is 4.74 Å². The van der Waals surface area contributed by atoms with Gasteiger partial charge in [-0.05, 0) is 83.3 Å². The monoisotopic (exact) mass is 398 g/mol. The summed E-state index contributed by atoms with van der Waals surface area (Å²) in [6.45, 7) is 7.77. The normalized spacial score (nSPS) is 24.0. The lowest BCUT2D eigenvalue weighted by atomic mass is 9.79. The third-order valence-corrected chi connectivity index (χ3v) is 6.58. The largest absolute Gasteiger partial charge is 0.381 e. The summed E-state index contributed by atoms with van der Waals surface area (Å²) in [5, 5.41) is 5.92. The molecule has 2 fully saturated rings. The summed E-state index contributed by atoms with van der Waals surface area (Å²) in [5.41, 5.74) is 0.434. The van der Waals surface area contributed by atoms with Crippen molar-refractivity contribution >= 4 is 23.4 Å². The molecule has 1 aromatic heterocycles. The van der Waals surface area contributed by atoms with Crippen molar-refractivity contribution in [2.45, 2.75) is 75.8 Å². The fraction of sp³-hybridized carbons (Fsp3) is 0.800. The molecule has 0 aliphatic heterocycles. The van der Waals surface area contributed by atoms with Gasteiger partial charge in [0.1, 0.15) is 10.0 Å². The Balaban J connectivity index is 1.71. The number of thioether (sulfide) groups is 1. The SMILES string of the molecule is CSc1nn(C(C)(C)C)c(=O)c(Cl)c1C1CCC(COCC2CC2)CC1. The van der Waals surface area contributed by atoms with Crippen LogP contribution in [0.3, 0.4) is 0 Å². The average molecular weight is 399 g/mol. The molecule has 0 unspecified atom stereocenters. The Labute approximate surface area is 166 Å². The van der Waals surface area contributed by atoms with Crippen LogP contribution in [0.25, 0.3) is 0 Å². The van der Waals surface area contributed by atoms with Crippen LogP contribution in [0.2, 0.25) is 5.02 Å². The number of hydrogen-bond donors (Lipinski definition) is 0. The van der Waals surface area contributed by atoms with Crippen molar-refractivity contribution in [3.05, 3.63) is 20.9 Å². The van der Waals surface area contributed by atoms with Gasteiger partial charge in [0, 0.05) is 18.8 Å². The molecule has 2 aliphatic rings. The molecule has 2 saturated carbocycles. The van der Waals surface area contributed by atoms with Gasteiger partial charge in [0.2, 0.25) is 0 Å². The molecule has 0 aromatic carbocycles. The van der Waals surface area contributed by atoms with E-state index in [1.807, 2.05) is 27.0 Å². The Bertz CT molecular complexity index is 686. The molecule has 2 aliphatic carbocycles. The van der Waals surface area contributed by atoms with Gasteiger partial charge in [-0.25, -0.2) is 4.68 Å². The van der Waals surface area contributed by atoms with Gasteiger partial charge in [-0.1, -0.05) is 11.6 Å². The molecule has 3 rings (SSSR count). The highest BCUT2D eigenvalue weighted by molar-refractivity contribution is 7.98. The summed E-state index contributed by atoms with van der Waals surface area (Å²) in [4.78, 5) is 12.8. The Hall–Kier alpha value is -0.520. The third-order valence-electron chi connectivity index (χ3n) is 5.53. The molecule has 0 amide bonds. The predicted molar refractivity (Wildman–Crippen MR) is 109 cm³/mol. The Morgan fingerprint density at radius 3 is 2.12 bits per heavy atom. The van der Waals surface area contributed by atoms with Gasteiger partial charge in [0.05, 0.1) is 5.54 Å². The fourth-order valence-electron chi connectivity index (χ4n) is 3.76. The van der Waals surface area contributed by atoms with Crippen LogP contribution in [-0.4, -0.2) is 29.3 Å². The van der Waals surface area contributed by atoms with Gasteiger partial charge in [0.15, 0.2) is 0 Å². The van der Waals surface area contributed by atoms with Crippen LogP contribution < -0.4 is 5.56 Å². The molecule has 6 heteroatoms. The number of aromatic nitrogens is 2. The van der Waals surface area contributed by atoms with Crippen molar-refractivity contribution in [1.29, 1.82) is 0 Å². The molecule has 26 heavy (non-hydrogen) atoms. The van der Waals surface area contributed by atoms with E-state index in [9.17, 15) is 4.79 Å². The van der Waals surface area contributed by atoms with Crippen LogP contribution in [0, 0.1) is 11.8 Å². The first-order valence-corrected chi connectivity index (χ1v) is 11.4. The summed E-state index contributed by atoms with van der Waals surface area (Å²) >= 11 is 8.16. The van der Waals surface area contributed by atoms with Crippen molar-refractivity contribution in [2.75, 3.05) is 19.5 Å². The molecule has 0 atom stereocenters. The zero-order chi connectivity index (χ0) is 18.9. The minimum absolute atomic E-state index is 0.165. The number of hydrogen-bond acceptors (Lipinski definition) is 4. The first kappa shape index (κ1) is 20.2. The standard InChI is InChI=1S/C20H31ClN2O2S/c1-20(2,3)23-19(24)17(21)16(18(22-23)26-4)15-9-7-14(8-10-15)12-25-11-13-5-6-13/h13-15H,5-12H2,1-4H3. The summed E-state index contributed by atoms with van der Waals surface area (Å²) < 4.78 is 7.41. The maximum absolute atomic E-state index is 12.8. The zero-order valence-electron chi connectivity index (χ0n) is 16.4. The van der Waals surface area contributed by atoms with Crippen molar-refractivity contribution in [2.24, 2.45) is 11.8 Å². The van der Waals surface area contributed by atoms with Crippen LogP contribution in [0.4, 0.5) is 0 Å². The second-order valence-electron chi connectivity index (χ2n) is 8.82. The van der Waals surface area contributed by atoms with Gasteiger partial charge in [-0.2, -0.15) is 5.10 Å². The fourth-order valence-corrected chi connectivity index (χ4v) is 4.79. The van der Waals surface area contributed by atoms with E-state index in [-0.39, 0.29) is 11.1 Å². The second kappa shape index (κ2) is 8.24. The molecule has 0 radical (unpaired) electrons. The molecule has 0 N–H and O–H groups in total. The maximum Gasteiger partial charge on any atom is 0.286 e. The van der Waals surface area contributed by atoms with E-state index < -0.39 is 0 Å². The summed E-state index contributed by atoms with van der Waals surface area (Å²) in [6, 6.07) is 0. The van der Waals surface area contributed by atoms with Gasteiger partial charge in [-0.3, -0.25) is 4.79 Å². The van der Waals surface area contributed by atoms with Crippen LogP contribution in [0.1, 0.15) is 70.8 Å². The van der Waals surface area contributed by atoms with E-state index in [2.05, 4.69) is 5.10 Å².